The van der Waals surface area contributed by atoms with Crippen molar-refractivity contribution < 1.29 is 9.47 Å². The Morgan fingerprint density at radius 3 is 1.15 bits per heavy atom. The van der Waals surface area contributed by atoms with Crippen LogP contribution in [0.1, 0.15) is 0 Å². The van der Waals surface area contributed by atoms with E-state index in [2.05, 4.69) is 130 Å². The molecule has 0 radical (unpaired) electrons. The number of hydrogen-bond donors (Lipinski definition) is 0. The number of rotatable bonds is 6. The van der Waals surface area contributed by atoms with Crippen LogP contribution in [0, 0.1) is 0 Å². The number of fused-ring (bicyclic) bond motifs is 6. The third kappa shape index (κ3) is 4.39. The van der Waals surface area contributed by atoms with Crippen LogP contribution >= 0.6 is 0 Å². The second-order valence-electron chi connectivity index (χ2n) is 11.4. The van der Waals surface area contributed by atoms with Gasteiger partial charge in [-0.1, -0.05) is 78.9 Å². The predicted octanol–water partition coefficient (Wildman–Crippen LogP) is 11.5. The van der Waals surface area contributed by atoms with E-state index >= 15 is 0 Å². The molecule has 0 saturated heterocycles. The standard InChI is InChI=1S/C42H28N2O2/c1-3-12-29(13-4-1)43-39-20-9-7-18-35(39)37-24-22-33(27-41(37)43)45-31-16-11-17-32(26-31)46-34-23-25-38-36-19-8-10-21-40(36)44(42(38)28-34)30-14-5-2-6-15-30/h1-28H. The minimum Gasteiger partial charge on any atom is -0.457 e. The highest BCUT2D eigenvalue weighted by atomic mass is 16.5. The van der Waals surface area contributed by atoms with E-state index in [1.54, 1.807) is 0 Å². The first-order valence-corrected chi connectivity index (χ1v) is 15.4. The summed E-state index contributed by atoms with van der Waals surface area (Å²) in [5.41, 5.74) is 6.76. The summed E-state index contributed by atoms with van der Waals surface area (Å²) in [5.74, 6) is 2.94. The summed E-state index contributed by atoms with van der Waals surface area (Å²) in [6.45, 7) is 0. The molecule has 2 aromatic heterocycles. The molecule has 0 aliphatic rings. The summed E-state index contributed by atoms with van der Waals surface area (Å²) in [5, 5.41) is 4.80. The number of para-hydroxylation sites is 4. The Bertz CT molecular complexity index is 2350. The third-order valence-electron chi connectivity index (χ3n) is 8.60. The zero-order chi connectivity index (χ0) is 30.5. The molecular weight excluding hydrogens is 564 g/mol. The zero-order valence-electron chi connectivity index (χ0n) is 24.9. The minimum absolute atomic E-state index is 0.707. The summed E-state index contributed by atoms with van der Waals surface area (Å²) in [6.07, 6.45) is 0. The van der Waals surface area contributed by atoms with Crippen molar-refractivity contribution in [3.63, 3.8) is 0 Å². The van der Waals surface area contributed by atoms with E-state index in [1.807, 2.05) is 48.5 Å². The quantitative estimate of drug-likeness (QED) is 0.192. The molecule has 0 saturated carbocycles. The van der Waals surface area contributed by atoms with E-state index < -0.39 is 0 Å². The molecule has 9 rings (SSSR count). The number of nitrogens with zero attached hydrogens (tertiary/aromatic N) is 2. The third-order valence-corrected chi connectivity index (χ3v) is 8.60. The monoisotopic (exact) mass is 592 g/mol. The van der Waals surface area contributed by atoms with Crippen molar-refractivity contribution in [1.82, 2.24) is 9.13 Å². The molecule has 0 amide bonds. The van der Waals surface area contributed by atoms with Gasteiger partial charge in [-0.25, -0.2) is 0 Å². The van der Waals surface area contributed by atoms with Crippen molar-refractivity contribution >= 4 is 43.6 Å². The van der Waals surface area contributed by atoms with Gasteiger partial charge in [-0.2, -0.15) is 0 Å². The van der Waals surface area contributed by atoms with Crippen molar-refractivity contribution in [1.29, 1.82) is 0 Å². The Morgan fingerprint density at radius 1 is 0.283 bits per heavy atom. The van der Waals surface area contributed by atoms with Crippen LogP contribution < -0.4 is 9.47 Å². The van der Waals surface area contributed by atoms with Crippen molar-refractivity contribution in [2.45, 2.75) is 0 Å². The lowest BCUT2D eigenvalue weighted by Gasteiger charge is -2.12. The van der Waals surface area contributed by atoms with Gasteiger partial charge in [-0.15, -0.1) is 0 Å². The van der Waals surface area contributed by atoms with E-state index in [9.17, 15) is 0 Å². The van der Waals surface area contributed by atoms with Crippen LogP contribution in [0.4, 0.5) is 0 Å². The average molecular weight is 593 g/mol. The van der Waals surface area contributed by atoms with Crippen LogP contribution in [-0.4, -0.2) is 9.13 Å². The minimum atomic E-state index is 0.707. The highest BCUT2D eigenvalue weighted by Gasteiger charge is 2.15. The van der Waals surface area contributed by atoms with Crippen LogP contribution in [-0.2, 0) is 0 Å². The fraction of sp³-hybridized carbons (Fsp3) is 0. The zero-order valence-corrected chi connectivity index (χ0v) is 24.9. The van der Waals surface area contributed by atoms with Gasteiger partial charge >= 0.3 is 0 Å². The van der Waals surface area contributed by atoms with E-state index in [4.69, 9.17) is 9.47 Å². The fourth-order valence-corrected chi connectivity index (χ4v) is 6.61. The van der Waals surface area contributed by atoms with Crippen molar-refractivity contribution in [2.24, 2.45) is 0 Å². The molecule has 0 unspecified atom stereocenters. The molecule has 0 bridgehead atoms. The second kappa shape index (κ2) is 10.7. The molecule has 7 aromatic carbocycles. The molecule has 0 fully saturated rings. The Balaban J connectivity index is 1.06. The smallest absolute Gasteiger partial charge is 0.131 e. The van der Waals surface area contributed by atoms with Gasteiger partial charge in [-0.05, 0) is 72.8 Å². The SMILES string of the molecule is c1ccc(-n2c3ccccc3c3ccc(Oc4cccc(Oc5ccc6c7ccccc7n(-c7ccccc7)c6c5)c4)cc32)cc1. The summed E-state index contributed by atoms with van der Waals surface area (Å²) in [6, 6.07) is 58.4. The molecule has 9 aromatic rings. The molecular formula is C42H28N2O2. The van der Waals surface area contributed by atoms with Crippen LogP contribution in [0.2, 0.25) is 0 Å². The highest BCUT2D eigenvalue weighted by molar-refractivity contribution is 6.10. The molecule has 2 heterocycles. The van der Waals surface area contributed by atoms with E-state index in [-0.39, 0.29) is 0 Å². The van der Waals surface area contributed by atoms with Gasteiger partial charge in [0, 0.05) is 51.1 Å². The van der Waals surface area contributed by atoms with Crippen molar-refractivity contribution in [3.8, 4) is 34.4 Å². The van der Waals surface area contributed by atoms with Crippen LogP contribution in [0.5, 0.6) is 23.0 Å². The van der Waals surface area contributed by atoms with Crippen molar-refractivity contribution in [2.75, 3.05) is 0 Å². The van der Waals surface area contributed by atoms with E-state index in [0.717, 1.165) is 33.9 Å². The van der Waals surface area contributed by atoms with Gasteiger partial charge in [0.2, 0.25) is 0 Å². The maximum absolute atomic E-state index is 6.44. The predicted molar refractivity (Wildman–Crippen MR) is 188 cm³/mol. The lowest BCUT2D eigenvalue weighted by atomic mass is 10.1. The molecule has 46 heavy (non-hydrogen) atoms. The van der Waals surface area contributed by atoms with Gasteiger partial charge in [0.1, 0.15) is 23.0 Å². The molecule has 0 atom stereocenters. The first kappa shape index (κ1) is 26.2. The molecule has 0 aliphatic heterocycles. The molecule has 0 N–H and O–H groups in total. The molecule has 4 heteroatoms. The number of hydrogen-bond acceptors (Lipinski definition) is 2. The Labute approximate surface area is 265 Å². The topological polar surface area (TPSA) is 28.3 Å². The summed E-state index contributed by atoms with van der Waals surface area (Å²) >= 11 is 0. The van der Waals surface area contributed by atoms with Gasteiger partial charge in [0.05, 0.1) is 22.1 Å². The molecule has 218 valence electrons. The lowest BCUT2D eigenvalue weighted by molar-refractivity contribution is 0.461. The van der Waals surface area contributed by atoms with Crippen LogP contribution in [0.3, 0.4) is 0 Å². The Morgan fingerprint density at radius 2 is 0.674 bits per heavy atom. The van der Waals surface area contributed by atoms with Crippen LogP contribution in [0.25, 0.3) is 55.0 Å². The first-order chi connectivity index (χ1) is 22.8. The maximum atomic E-state index is 6.44. The normalized spacial score (nSPS) is 11.5. The summed E-state index contributed by atoms with van der Waals surface area (Å²) in [7, 11) is 0. The van der Waals surface area contributed by atoms with Gasteiger partial charge in [-0.3, -0.25) is 0 Å². The van der Waals surface area contributed by atoms with Gasteiger partial charge < -0.3 is 18.6 Å². The van der Waals surface area contributed by atoms with Gasteiger partial charge in [0.15, 0.2) is 0 Å². The Hall–Kier alpha value is -6.26. The molecule has 0 spiro atoms. The average Bonchev–Trinajstić information content (AvgIpc) is 3.61. The van der Waals surface area contributed by atoms with E-state index in [1.165, 1.54) is 32.6 Å². The lowest BCUT2D eigenvalue weighted by Crippen LogP contribution is -1.94. The second-order valence-corrected chi connectivity index (χ2v) is 11.4. The molecule has 4 nitrogen and oxygen atoms in total. The van der Waals surface area contributed by atoms with Gasteiger partial charge in [0.25, 0.3) is 0 Å². The maximum Gasteiger partial charge on any atom is 0.131 e. The van der Waals surface area contributed by atoms with Crippen molar-refractivity contribution in [3.05, 3.63) is 170 Å². The first-order valence-electron chi connectivity index (χ1n) is 15.4. The number of ether oxygens (including phenoxy) is 2. The van der Waals surface area contributed by atoms with Crippen LogP contribution in [0.15, 0.2) is 170 Å². The summed E-state index contributed by atoms with van der Waals surface area (Å²) < 4.78 is 17.5. The number of benzene rings is 7. The number of aromatic nitrogens is 2. The van der Waals surface area contributed by atoms with E-state index in [0.29, 0.717) is 11.5 Å². The highest BCUT2D eigenvalue weighted by Crippen LogP contribution is 2.38. The summed E-state index contributed by atoms with van der Waals surface area (Å²) in [4.78, 5) is 0. The fourth-order valence-electron chi connectivity index (χ4n) is 6.61. The molecule has 0 aliphatic carbocycles. The largest absolute Gasteiger partial charge is 0.457 e. The Kier molecular flexibility index (Phi) is 6.10.